The van der Waals surface area contributed by atoms with Crippen molar-refractivity contribution in [2.75, 3.05) is 13.2 Å². The lowest BCUT2D eigenvalue weighted by atomic mass is 10.00. The van der Waals surface area contributed by atoms with Crippen LogP contribution in [0.5, 0.6) is 0 Å². The van der Waals surface area contributed by atoms with Gasteiger partial charge in [0, 0.05) is 24.7 Å². The monoisotopic (exact) mass is 403 g/mol. The molecule has 1 aromatic heterocycles. The normalized spacial score (nSPS) is 15.5. The fourth-order valence-corrected chi connectivity index (χ4v) is 3.93. The standard InChI is InChI=1S/C24H25N3O3/c1-3-30-23(28)20-15-25-13-12-19-18-6-4-5-7-21(18)27(22(19)20)24(29)26-14-17-10-8-16(2)9-11-17/h4-11,15,20H,3,12-14H2,1-2H3,(H,26,29). The predicted molar refractivity (Wildman–Crippen MR) is 117 cm³/mol. The number of rotatable bonds is 4. The van der Waals surface area contributed by atoms with Crippen LogP contribution in [0, 0.1) is 6.92 Å². The van der Waals surface area contributed by atoms with E-state index >= 15 is 0 Å². The van der Waals surface area contributed by atoms with Crippen LogP contribution in [0.2, 0.25) is 0 Å². The van der Waals surface area contributed by atoms with Crippen LogP contribution in [0.4, 0.5) is 4.79 Å². The van der Waals surface area contributed by atoms with Gasteiger partial charge in [0.05, 0.1) is 17.8 Å². The molecule has 1 N–H and O–H groups in total. The van der Waals surface area contributed by atoms with Crippen LogP contribution in [0.25, 0.3) is 10.9 Å². The van der Waals surface area contributed by atoms with Crippen molar-refractivity contribution >= 4 is 29.1 Å². The van der Waals surface area contributed by atoms with E-state index in [-0.39, 0.29) is 18.6 Å². The Morgan fingerprint density at radius 1 is 1.17 bits per heavy atom. The van der Waals surface area contributed by atoms with E-state index in [1.807, 2.05) is 55.5 Å². The van der Waals surface area contributed by atoms with Crippen molar-refractivity contribution < 1.29 is 14.3 Å². The van der Waals surface area contributed by atoms with Gasteiger partial charge in [-0.05, 0) is 37.5 Å². The summed E-state index contributed by atoms with van der Waals surface area (Å²) in [5.74, 6) is -1.10. The molecule has 0 radical (unpaired) electrons. The lowest BCUT2D eigenvalue weighted by Crippen LogP contribution is -2.31. The number of esters is 1. The van der Waals surface area contributed by atoms with E-state index in [9.17, 15) is 9.59 Å². The SMILES string of the molecule is CCOC(=O)C1C=NCCc2c1n(C(=O)NCc1ccc(C)cc1)c1ccccc21. The van der Waals surface area contributed by atoms with E-state index < -0.39 is 5.92 Å². The third-order valence-electron chi connectivity index (χ3n) is 5.37. The second kappa shape index (κ2) is 8.53. The summed E-state index contributed by atoms with van der Waals surface area (Å²) >= 11 is 0. The average Bonchev–Trinajstić information content (AvgIpc) is 2.91. The minimum atomic E-state index is -0.708. The first-order valence-corrected chi connectivity index (χ1v) is 10.2. The Labute approximate surface area is 175 Å². The lowest BCUT2D eigenvalue weighted by Gasteiger charge is -2.16. The van der Waals surface area contributed by atoms with Gasteiger partial charge >= 0.3 is 12.0 Å². The van der Waals surface area contributed by atoms with Crippen molar-refractivity contribution in [2.45, 2.75) is 32.7 Å². The maximum atomic E-state index is 13.3. The number of hydrogen-bond donors (Lipinski definition) is 1. The molecule has 1 atom stereocenters. The van der Waals surface area contributed by atoms with E-state index in [1.165, 1.54) is 5.56 Å². The topological polar surface area (TPSA) is 72.7 Å². The van der Waals surface area contributed by atoms with Crippen molar-refractivity contribution in [1.82, 2.24) is 9.88 Å². The highest BCUT2D eigenvalue weighted by Gasteiger charge is 2.32. The number of ether oxygens (including phenoxy) is 1. The van der Waals surface area contributed by atoms with Crippen LogP contribution in [0.15, 0.2) is 53.5 Å². The van der Waals surface area contributed by atoms with Crippen molar-refractivity contribution in [1.29, 1.82) is 0 Å². The molecule has 30 heavy (non-hydrogen) atoms. The number of aryl methyl sites for hydroxylation is 1. The smallest absolute Gasteiger partial charge is 0.326 e. The molecular formula is C24H25N3O3. The Kier molecular flexibility index (Phi) is 5.65. The van der Waals surface area contributed by atoms with Crippen molar-refractivity contribution in [2.24, 2.45) is 4.99 Å². The molecular weight excluding hydrogens is 378 g/mol. The van der Waals surface area contributed by atoms with Crippen molar-refractivity contribution in [3.8, 4) is 0 Å². The first kappa shape index (κ1) is 19.9. The van der Waals surface area contributed by atoms with Crippen LogP contribution in [0.3, 0.4) is 0 Å². The fraction of sp³-hybridized carbons (Fsp3) is 0.292. The molecule has 0 spiro atoms. The minimum absolute atomic E-state index is 0.266. The van der Waals surface area contributed by atoms with Gasteiger partial charge in [-0.15, -0.1) is 0 Å². The number of amides is 1. The minimum Gasteiger partial charge on any atom is -0.465 e. The second-order valence-electron chi connectivity index (χ2n) is 7.40. The summed E-state index contributed by atoms with van der Waals surface area (Å²) in [7, 11) is 0. The summed E-state index contributed by atoms with van der Waals surface area (Å²) in [6, 6.07) is 15.5. The molecule has 0 aliphatic carbocycles. The molecule has 3 aromatic rings. The summed E-state index contributed by atoms with van der Waals surface area (Å²) in [6.45, 7) is 5.05. The first-order chi connectivity index (χ1) is 14.6. The molecule has 0 bridgehead atoms. The lowest BCUT2D eigenvalue weighted by molar-refractivity contribution is -0.143. The van der Waals surface area contributed by atoms with Gasteiger partial charge in [0.2, 0.25) is 0 Å². The van der Waals surface area contributed by atoms with Crippen LogP contribution in [-0.2, 0) is 22.5 Å². The second-order valence-corrected chi connectivity index (χ2v) is 7.40. The Morgan fingerprint density at radius 2 is 1.93 bits per heavy atom. The van der Waals surface area contributed by atoms with Crippen LogP contribution < -0.4 is 5.32 Å². The number of aliphatic imine (C=N–C) groups is 1. The average molecular weight is 403 g/mol. The highest BCUT2D eigenvalue weighted by molar-refractivity contribution is 6.03. The predicted octanol–water partition coefficient (Wildman–Crippen LogP) is 3.98. The summed E-state index contributed by atoms with van der Waals surface area (Å²) in [5, 5.41) is 3.97. The largest absolute Gasteiger partial charge is 0.465 e. The first-order valence-electron chi connectivity index (χ1n) is 10.2. The van der Waals surface area contributed by atoms with E-state index in [2.05, 4.69) is 10.3 Å². The third-order valence-corrected chi connectivity index (χ3v) is 5.37. The van der Waals surface area contributed by atoms with Gasteiger partial charge in [0.25, 0.3) is 0 Å². The van der Waals surface area contributed by atoms with Crippen molar-refractivity contribution in [3.05, 3.63) is 70.9 Å². The van der Waals surface area contributed by atoms with Gasteiger partial charge in [-0.2, -0.15) is 0 Å². The summed E-state index contributed by atoms with van der Waals surface area (Å²) in [5.41, 5.74) is 4.60. The highest BCUT2D eigenvalue weighted by atomic mass is 16.5. The molecule has 154 valence electrons. The number of nitrogens with one attached hydrogen (secondary N) is 1. The zero-order chi connectivity index (χ0) is 21.1. The molecule has 6 heteroatoms. The number of carbonyl (C=O) groups is 2. The molecule has 1 amide bonds. The van der Waals surface area contributed by atoms with Crippen LogP contribution in [0.1, 0.15) is 35.2 Å². The maximum Gasteiger partial charge on any atom is 0.326 e. The number of nitrogens with zero attached hydrogens (tertiary/aromatic N) is 2. The Balaban J connectivity index is 1.76. The Bertz CT molecular complexity index is 1110. The summed E-state index contributed by atoms with van der Waals surface area (Å²) in [6.07, 6.45) is 2.28. The number of benzene rings is 2. The molecule has 0 fully saturated rings. The van der Waals surface area contributed by atoms with Crippen LogP contribution in [-0.4, -0.2) is 35.9 Å². The van der Waals surface area contributed by atoms with Crippen molar-refractivity contribution in [3.63, 3.8) is 0 Å². The summed E-state index contributed by atoms with van der Waals surface area (Å²) in [4.78, 5) is 30.4. The third kappa shape index (κ3) is 3.73. The van der Waals surface area contributed by atoms with Gasteiger partial charge in [0.1, 0.15) is 5.92 Å². The van der Waals surface area contributed by atoms with E-state index in [0.29, 0.717) is 25.2 Å². The molecule has 4 rings (SSSR count). The molecule has 1 unspecified atom stereocenters. The zero-order valence-corrected chi connectivity index (χ0v) is 17.2. The van der Waals surface area contributed by atoms with Gasteiger partial charge in [-0.25, -0.2) is 4.79 Å². The Morgan fingerprint density at radius 3 is 2.70 bits per heavy atom. The Hall–Kier alpha value is -3.41. The van der Waals surface area contributed by atoms with Crippen LogP contribution >= 0.6 is 0 Å². The van der Waals surface area contributed by atoms with Gasteiger partial charge < -0.3 is 10.1 Å². The molecule has 1 aliphatic heterocycles. The maximum absolute atomic E-state index is 13.3. The molecule has 2 heterocycles. The van der Waals surface area contributed by atoms with Gasteiger partial charge in [-0.1, -0.05) is 48.0 Å². The van der Waals surface area contributed by atoms with Gasteiger partial charge in [0.15, 0.2) is 0 Å². The quantitative estimate of drug-likeness (QED) is 0.670. The number of aromatic nitrogens is 1. The molecule has 2 aromatic carbocycles. The summed E-state index contributed by atoms with van der Waals surface area (Å²) < 4.78 is 6.91. The fourth-order valence-electron chi connectivity index (χ4n) is 3.93. The molecule has 0 saturated carbocycles. The highest BCUT2D eigenvalue weighted by Crippen LogP contribution is 2.33. The number of carbonyl (C=O) groups excluding carboxylic acids is 2. The zero-order valence-electron chi connectivity index (χ0n) is 17.2. The molecule has 6 nitrogen and oxygen atoms in total. The molecule has 1 aliphatic rings. The molecule has 0 saturated heterocycles. The number of fused-ring (bicyclic) bond motifs is 3. The van der Waals surface area contributed by atoms with E-state index in [4.69, 9.17) is 4.74 Å². The number of para-hydroxylation sites is 1. The number of hydrogen-bond acceptors (Lipinski definition) is 4. The van der Waals surface area contributed by atoms with Gasteiger partial charge in [-0.3, -0.25) is 14.4 Å². The van der Waals surface area contributed by atoms with E-state index in [0.717, 1.165) is 22.0 Å². The van der Waals surface area contributed by atoms with E-state index in [1.54, 1.807) is 17.7 Å².